The molecule has 3 N–H and O–H groups in total. The minimum atomic E-state index is -0.638. The normalized spacial score (nSPS) is 17.3. The fourth-order valence-electron chi connectivity index (χ4n) is 3.43. The first-order valence-corrected chi connectivity index (χ1v) is 8.82. The van der Waals surface area contributed by atoms with Crippen LogP contribution in [0.25, 0.3) is 11.0 Å². The summed E-state index contributed by atoms with van der Waals surface area (Å²) in [6.45, 7) is 3.35. The summed E-state index contributed by atoms with van der Waals surface area (Å²) in [6.07, 6.45) is 1.43. The van der Waals surface area contributed by atoms with Gasteiger partial charge in [-0.15, -0.1) is 0 Å². The monoisotopic (exact) mass is 357 g/mol. The zero-order valence-electron chi connectivity index (χ0n) is 14.8. The summed E-state index contributed by atoms with van der Waals surface area (Å²) in [5.74, 6) is -0.763. The van der Waals surface area contributed by atoms with Gasteiger partial charge >= 0.3 is 5.63 Å². The van der Waals surface area contributed by atoms with Crippen LogP contribution in [-0.2, 0) is 4.79 Å². The molecule has 0 saturated carbocycles. The van der Waals surface area contributed by atoms with Gasteiger partial charge in [0.2, 0.25) is 5.91 Å². The highest BCUT2D eigenvalue weighted by Gasteiger charge is 2.31. The van der Waals surface area contributed by atoms with Gasteiger partial charge in [-0.2, -0.15) is 0 Å². The molecule has 2 heterocycles. The minimum absolute atomic E-state index is 0.0479. The predicted molar refractivity (Wildman–Crippen MR) is 97.9 cm³/mol. The molecule has 1 aliphatic rings. The van der Waals surface area contributed by atoms with Crippen molar-refractivity contribution in [3.05, 3.63) is 45.8 Å². The molecule has 26 heavy (non-hydrogen) atoms. The Balaban J connectivity index is 1.86. The first-order valence-electron chi connectivity index (χ1n) is 8.82. The van der Waals surface area contributed by atoms with Gasteiger partial charge in [-0.1, -0.05) is 18.2 Å². The van der Waals surface area contributed by atoms with E-state index in [0.717, 1.165) is 5.39 Å². The highest BCUT2D eigenvalue weighted by molar-refractivity contribution is 5.99. The Bertz CT molecular complexity index is 890. The fourth-order valence-corrected chi connectivity index (χ4v) is 3.43. The summed E-state index contributed by atoms with van der Waals surface area (Å²) in [4.78, 5) is 39.1. The van der Waals surface area contributed by atoms with Gasteiger partial charge < -0.3 is 20.4 Å². The second kappa shape index (κ2) is 7.70. The molecular weight excluding hydrogens is 334 g/mol. The van der Waals surface area contributed by atoms with Crippen LogP contribution in [0.15, 0.2) is 33.5 Å². The van der Waals surface area contributed by atoms with Crippen molar-refractivity contribution < 1.29 is 14.0 Å². The molecule has 7 nitrogen and oxygen atoms in total. The number of piperidine rings is 1. The number of fused-ring (bicyclic) bond motifs is 1. The van der Waals surface area contributed by atoms with E-state index in [1.165, 1.54) is 0 Å². The van der Waals surface area contributed by atoms with Crippen molar-refractivity contribution >= 4 is 22.8 Å². The van der Waals surface area contributed by atoms with Gasteiger partial charge in [-0.05, 0) is 31.4 Å². The molecule has 1 unspecified atom stereocenters. The molecule has 1 atom stereocenters. The van der Waals surface area contributed by atoms with Gasteiger partial charge in [0.25, 0.3) is 5.91 Å². The molecule has 2 aromatic rings. The molecular formula is C19H23N3O4. The van der Waals surface area contributed by atoms with Crippen molar-refractivity contribution in [1.29, 1.82) is 0 Å². The average molecular weight is 357 g/mol. The largest absolute Gasteiger partial charge is 0.422 e. The quantitative estimate of drug-likeness (QED) is 0.795. The van der Waals surface area contributed by atoms with E-state index in [-0.39, 0.29) is 23.3 Å². The maximum absolute atomic E-state index is 13.0. The van der Waals surface area contributed by atoms with E-state index < -0.39 is 5.63 Å². The molecule has 1 saturated heterocycles. The molecule has 1 aromatic heterocycles. The Hall–Kier alpha value is -2.67. The lowest BCUT2D eigenvalue weighted by atomic mass is 9.96. The maximum Gasteiger partial charge on any atom is 0.349 e. The van der Waals surface area contributed by atoms with Crippen LogP contribution in [0.3, 0.4) is 0 Å². The number of hydrogen-bond donors (Lipinski definition) is 2. The number of amides is 2. The molecule has 0 spiro atoms. The Morgan fingerprint density at radius 2 is 2.12 bits per heavy atom. The van der Waals surface area contributed by atoms with E-state index in [0.29, 0.717) is 50.2 Å². The van der Waals surface area contributed by atoms with E-state index in [1.807, 2.05) is 12.1 Å². The minimum Gasteiger partial charge on any atom is -0.422 e. The van der Waals surface area contributed by atoms with Crippen LogP contribution in [0.2, 0.25) is 0 Å². The molecule has 3 rings (SSSR count). The Kier molecular flexibility index (Phi) is 5.37. The van der Waals surface area contributed by atoms with Crippen LogP contribution < -0.4 is 16.7 Å². The lowest BCUT2D eigenvalue weighted by Gasteiger charge is -2.32. The third kappa shape index (κ3) is 3.48. The lowest BCUT2D eigenvalue weighted by molar-refractivity contribution is -0.126. The number of benzene rings is 1. The van der Waals surface area contributed by atoms with E-state index in [2.05, 4.69) is 5.32 Å². The van der Waals surface area contributed by atoms with Crippen LogP contribution in [0.4, 0.5) is 0 Å². The second-order valence-corrected chi connectivity index (χ2v) is 6.56. The Morgan fingerprint density at radius 1 is 1.35 bits per heavy atom. The number of carbonyl (C=O) groups is 2. The third-order valence-corrected chi connectivity index (χ3v) is 4.81. The van der Waals surface area contributed by atoms with Crippen molar-refractivity contribution in [2.45, 2.75) is 19.8 Å². The highest BCUT2D eigenvalue weighted by atomic mass is 16.4. The number of likely N-dealkylation sites (tertiary alicyclic amines) is 1. The second-order valence-electron chi connectivity index (χ2n) is 6.56. The first-order chi connectivity index (χ1) is 12.5. The molecule has 2 amide bonds. The van der Waals surface area contributed by atoms with Gasteiger partial charge in [0.1, 0.15) is 11.1 Å². The van der Waals surface area contributed by atoms with Crippen LogP contribution in [0.1, 0.15) is 28.8 Å². The lowest BCUT2D eigenvalue weighted by Crippen LogP contribution is -2.47. The summed E-state index contributed by atoms with van der Waals surface area (Å²) in [5.41, 5.74) is 5.89. The number of rotatable bonds is 4. The maximum atomic E-state index is 13.0. The summed E-state index contributed by atoms with van der Waals surface area (Å²) < 4.78 is 5.32. The van der Waals surface area contributed by atoms with Crippen LogP contribution >= 0.6 is 0 Å². The number of nitrogens with one attached hydrogen (secondary N) is 1. The van der Waals surface area contributed by atoms with E-state index in [4.69, 9.17) is 10.2 Å². The summed E-state index contributed by atoms with van der Waals surface area (Å²) in [5, 5.41) is 3.51. The zero-order valence-corrected chi connectivity index (χ0v) is 14.8. The Morgan fingerprint density at radius 3 is 2.88 bits per heavy atom. The van der Waals surface area contributed by atoms with Crippen molar-refractivity contribution in [2.75, 3.05) is 26.2 Å². The van der Waals surface area contributed by atoms with E-state index in [1.54, 1.807) is 24.0 Å². The first kappa shape index (κ1) is 18.1. The summed E-state index contributed by atoms with van der Waals surface area (Å²) in [6, 6.07) is 7.14. The fraction of sp³-hybridized carbons (Fsp3) is 0.421. The van der Waals surface area contributed by atoms with Crippen molar-refractivity contribution in [1.82, 2.24) is 10.2 Å². The van der Waals surface area contributed by atoms with Gasteiger partial charge in [0.05, 0.1) is 5.92 Å². The molecule has 1 aromatic carbocycles. The molecule has 1 fully saturated rings. The Labute approximate surface area is 151 Å². The number of carbonyl (C=O) groups excluding carboxylic acids is 2. The zero-order chi connectivity index (χ0) is 18.7. The SMILES string of the molecule is Cc1c(C(=O)N2CCCC(C(=O)NCCN)C2)c(=O)oc2ccccc12. The molecule has 0 aliphatic carbocycles. The predicted octanol–water partition coefficient (Wildman–Crippen LogP) is 1.03. The highest BCUT2D eigenvalue weighted by Crippen LogP contribution is 2.23. The summed E-state index contributed by atoms with van der Waals surface area (Å²) in [7, 11) is 0. The van der Waals surface area contributed by atoms with Crippen molar-refractivity contribution in [3.63, 3.8) is 0 Å². The van der Waals surface area contributed by atoms with Crippen LogP contribution in [0, 0.1) is 12.8 Å². The molecule has 138 valence electrons. The van der Waals surface area contributed by atoms with Gasteiger partial charge in [-0.25, -0.2) is 4.79 Å². The molecule has 0 bridgehead atoms. The van der Waals surface area contributed by atoms with Crippen LogP contribution in [0.5, 0.6) is 0 Å². The van der Waals surface area contributed by atoms with E-state index in [9.17, 15) is 14.4 Å². The molecule has 1 aliphatic heterocycles. The van der Waals surface area contributed by atoms with Crippen LogP contribution in [-0.4, -0.2) is 42.9 Å². The van der Waals surface area contributed by atoms with E-state index >= 15 is 0 Å². The van der Waals surface area contributed by atoms with Crippen molar-refractivity contribution in [3.8, 4) is 0 Å². The number of aryl methyl sites for hydroxylation is 1. The topological polar surface area (TPSA) is 106 Å². The standard InChI is InChI=1S/C19H23N3O4/c1-12-14-6-2-3-7-15(14)26-19(25)16(12)18(24)22-10-4-5-13(11-22)17(23)21-9-8-20/h2-3,6-7,13H,4-5,8-11,20H2,1H3,(H,21,23). The van der Waals surface area contributed by atoms with Crippen molar-refractivity contribution in [2.24, 2.45) is 11.7 Å². The van der Waals surface area contributed by atoms with Gasteiger partial charge in [-0.3, -0.25) is 9.59 Å². The number of para-hydroxylation sites is 1. The summed E-state index contributed by atoms with van der Waals surface area (Å²) >= 11 is 0. The molecule has 0 radical (unpaired) electrons. The van der Waals surface area contributed by atoms with Gasteiger partial charge in [0, 0.05) is 31.6 Å². The third-order valence-electron chi connectivity index (χ3n) is 4.81. The smallest absolute Gasteiger partial charge is 0.349 e. The molecule has 7 heteroatoms. The van der Waals surface area contributed by atoms with Gasteiger partial charge in [0.15, 0.2) is 0 Å². The average Bonchev–Trinajstić information content (AvgIpc) is 2.66. The number of hydrogen-bond acceptors (Lipinski definition) is 5. The number of nitrogens with zero attached hydrogens (tertiary/aromatic N) is 1. The number of nitrogens with two attached hydrogens (primary N) is 1.